The van der Waals surface area contributed by atoms with E-state index in [1.54, 1.807) is 33.5 Å². The predicted octanol–water partition coefficient (Wildman–Crippen LogP) is 3.50. The lowest BCUT2D eigenvalue weighted by molar-refractivity contribution is -0.126. The van der Waals surface area contributed by atoms with E-state index in [-0.39, 0.29) is 18.3 Å². The van der Waals surface area contributed by atoms with Gasteiger partial charge in [0.1, 0.15) is 5.75 Å². The molecule has 0 aromatic heterocycles. The first kappa shape index (κ1) is 22.4. The largest absolute Gasteiger partial charge is 0.495 e. The first-order valence-electron chi connectivity index (χ1n) is 9.23. The summed E-state index contributed by atoms with van der Waals surface area (Å²) in [6.45, 7) is 2.90. The number of hydrogen-bond acceptors (Lipinski definition) is 5. The molecule has 1 aliphatic heterocycles. The van der Waals surface area contributed by atoms with Crippen molar-refractivity contribution < 1.29 is 19.0 Å². The van der Waals surface area contributed by atoms with E-state index in [1.165, 1.54) is 0 Å². The van der Waals surface area contributed by atoms with Crippen LogP contribution in [0.1, 0.15) is 5.56 Å². The van der Waals surface area contributed by atoms with Gasteiger partial charge < -0.3 is 24.0 Å². The Kier molecular flexibility index (Phi) is 8.21. The molecule has 29 heavy (non-hydrogen) atoms. The predicted molar refractivity (Wildman–Crippen MR) is 118 cm³/mol. The van der Waals surface area contributed by atoms with Crippen LogP contribution in [0.5, 0.6) is 17.2 Å². The van der Waals surface area contributed by atoms with Gasteiger partial charge in [0.05, 0.1) is 27.0 Å². The zero-order valence-corrected chi connectivity index (χ0v) is 17.8. The normalized spacial score (nSPS) is 13.8. The molecule has 0 unspecified atom stereocenters. The van der Waals surface area contributed by atoms with Crippen molar-refractivity contribution in [2.24, 2.45) is 0 Å². The SMILES string of the molecule is COc1ccc(C=CC(=O)N2CCN(c3ccccc3OC)CC2)cc1OC.Cl. The van der Waals surface area contributed by atoms with Gasteiger partial charge in [0, 0.05) is 32.3 Å². The van der Waals surface area contributed by atoms with Gasteiger partial charge in [-0.2, -0.15) is 0 Å². The van der Waals surface area contributed by atoms with Gasteiger partial charge in [0.25, 0.3) is 0 Å². The first-order valence-corrected chi connectivity index (χ1v) is 9.23. The molecule has 1 aliphatic rings. The zero-order valence-electron chi connectivity index (χ0n) is 17.0. The lowest BCUT2D eigenvalue weighted by Gasteiger charge is -2.36. The highest BCUT2D eigenvalue weighted by Gasteiger charge is 2.21. The maximum atomic E-state index is 12.6. The van der Waals surface area contributed by atoms with Crippen LogP contribution in [0.25, 0.3) is 6.08 Å². The summed E-state index contributed by atoms with van der Waals surface area (Å²) in [5.74, 6) is 2.17. The summed E-state index contributed by atoms with van der Waals surface area (Å²) in [6, 6.07) is 13.5. The number of carbonyl (C=O) groups is 1. The van der Waals surface area contributed by atoms with Gasteiger partial charge in [-0.25, -0.2) is 0 Å². The van der Waals surface area contributed by atoms with Gasteiger partial charge in [-0.15, -0.1) is 12.4 Å². The third kappa shape index (κ3) is 5.35. The molecular formula is C22H27ClN2O4. The van der Waals surface area contributed by atoms with Crippen molar-refractivity contribution >= 4 is 30.1 Å². The maximum Gasteiger partial charge on any atom is 0.246 e. The number of carbonyl (C=O) groups excluding carboxylic acids is 1. The Morgan fingerprint density at radius 3 is 2.17 bits per heavy atom. The molecule has 1 heterocycles. The summed E-state index contributed by atoms with van der Waals surface area (Å²) in [7, 11) is 4.87. The summed E-state index contributed by atoms with van der Waals surface area (Å²) < 4.78 is 16.0. The summed E-state index contributed by atoms with van der Waals surface area (Å²) in [5.41, 5.74) is 1.96. The smallest absolute Gasteiger partial charge is 0.246 e. The van der Waals surface area contributed by atoms with Gasteiger partial charge in [-0.3, -0.25) is 4.79 Å². The highest BCUT2D eigenvalue weighted by atomic mass is 35.5. The highest BCUT2D eigenvalue weighted by Crippen LogP contribution is 2.29. The lowest BCUT2D eigenvalue weighted by atomic mass is 10.1. The van der Waals surface area contributed by atoms with Crippen molar-refractivity contribution in [3.8, 4) is 17.2 Å². The molecule has 0 bridgehead atoms. The number of nitrogens with zero attached hydrogens (tertiary/aromatic N) is 2. The third-order valence-electron chi connectivity index (χ3n) is 4.84. The van der Waals surface area contributed by atoms with Crippen molar-refractivity contribution in [3.05, 3.63) is 54.1 Å². The average Bonchev–Trinajstić information content (AvgIpc) is 2.77. The van der Waals surface area contributed by atoms with Crippen LogP contribution >= 0.6 is 12.4 Å². The lowest BCUT2D eigenvalue weighted by Crippen LogP contribution is -2.48. The number of benzene rings is 2. The van der Waals surface area contributed by atoms with Gasteiger partial charge in [-0.05, 0) is 35.9 Å². The van der Waals surface area contributed by atoms with Gasteiger partial charge in [0.15, 0.2) is 11.5 Å². The average molecular weight is 419 g/mol. The van der Waals surface area contributed by atoms with E-state index >= 15 is 0 Å². The molecule has 0 aliphatic carbocycles. The van der Waals surface area contributed by atoms with Crippen LogP contribution in [0.3, 0.4) is 0 Å². The molecule has 3 rings (SSSR count). The fraction of sp³-hybridized carbons (Fsp3) is 0.318. The van der Waals surface area contributed by atoms with Crippen molar-refractivity contribution in [1.82, 2.24) is 4.90 Å². The van der Waals surface area contributed by atoms with Crippen LogP contribution in [0.15, 0.2) is 48.5 Å². The Morgan fingerprint density at radius 2 is 1.52 bits per heavy atom. The fourth-order valence-electron chi connectivity index (χ4n) is 3.29. The van der Waals surface area contributed by atoms with Crippen LogP contribution in [0, 0.1) is 0 Å². The first-order chi connectivity index (χ1) is 13.7. The molecule has 0 spiro atoms. The van der Waals surface area contributed by atoms with Crippen molar-refractivity contribution in [3.63, 3.8) is 0 Å². The number of anilines is 1. The molecule has 7 heteroatoms. The molecule has 0 saturated carbocycles. The van der Waals surface area contributed by atoms with Gasteiger partial charge >= 0.3 is 0 Å². The highest BCUT2D eigenvalue weighted by molar-refractivity contribution is 5.92. The van der Waals surface area contributed by atoms with Crippen LogP contribution in [0.2, 0.25) is 0 Å². The van der Waals surface area contributed by atoms with E-state index in [9.17, 15) is 4.79 Å². The molecule has 2 aromatic rings. The van der Waals surface area contributed by atoms with Gasteiger partial charge in [-0.1, -0.05) is 18.2 Å². The van der Waals surface area contributed by atoms with Crippen LogP contribution in [-0.2, 0) is 4.79 Å². The maximum absolute atomic E-state index is 12.6. The molecule has 2 aromatic carbocycles. The second-order valence-electron chi connectivity index (χ2n) is 6.43. The topological polar surface area (TPSA) is 51.2 Å². The quantitative estimate of drug-likeness (QED) is 0.672. The molecule has 156 valence electrons. The van der Waals surface area contributed by atoms with E-state index in [2.05, 4.69) is 4.90 Å². The summed E-state index contributed by atoms with van der Waals surface area (Å²) >= 11 is 0. The summed E-state index contributed by atoms with van der Waals surface area (Å²) in [4.78, 5) is 16.7. The van der Waals surface area contributed by atoms with Crippen molar-refractivity contribution in [2.45, 2.75) is 0 Å². The van der Waals surface area contributed by atoms with E-state index in [0.29, 0.717) is 24.6 Å². The van der Waals surface area contributed by atoms with Gasteiger partial charge in [0.2, 0.25) is 5.91 Å². The van der Waals surface area contributed by atoms with Crippen LogP contribution < -0.4 is 19.1 Å². The molecule has 1 amide bonds. The number of amides is 1. The minimum absolute atomic E-state index is 0. The summed E-state index contributed by atoms with van der Waals surface area (Å²) in [5, 5.41) is 0. The van der Waals surface area contributed by atoms with Crippen LogP contribution in [0.4, 0.5) is 5.69 Å². The molecule has 0 N–H and O–H groups in total. The number of rotatable bonds is 6. The van der Waals surface area contributed by atoms with E-state index in [1.807, 2.05) is 47.4 Å². The van der Waals surface area contributed by atoms with Crippen molar-refractivity contribution in [2.75, 3.05) is 52.4 Å². The monoisotopic (exact) mass is 418 g/mol. The fourth-order valence-corrected chi connectivity index (χ4v) is 3.29. The van der Waals surface area contributed by atoms with E-state index in [0.717, 1.165) is 30.1 Å². The second kappa shape index (κ2) is 10.6. The Hall–Kier alpha value is -2.86. The molecular weight excluding hydrogens is 392 g/mol. The Balaban J connectivity index is 0.00000300. The molecule has 1 saturated heterocycles. The molecule has 0 atom stereocenters. The minimum Gasteiger partial charge on any atom is -0.495 e. The number of piperazine rings is 1. The molecule has 6 nitrogen and oxygen atoms in total. The van der Waals surface area contributed by atoms with Crippen molar-refractivity contribution in [1.29, 1.82) is 0 Å². The van der Waals surface area contributed by atoms with Crippen LogP contribution in [-0.4, -0.2) is 58.3 Å². The number of para-hydroxylation sites is 2. The Morgan fingerprint density at radius 1 is 0.862 bits per heavy atom. The Labute approximate surface area is 178 Å². The second-order valence-corrected chi connectivity index (χ2v) is 6.43. The zero-order chi connectivity index (χ0) is 19.9. The number of hydrogen-bond donors (Lipinski definition) is 0. The molecule has 1 fully saturated rings. The number of ether oxygens (including phenoxy) is 3. The Bertz CT molecular complexity index is 848. The standard InChI is InChI=1S/C22H26N2O4.ClH/c1-26-19-7-5-4-6-18(19)23-12-14-24(15-13-23)22(25)11-9-17-8-10-20(27-2)21(16-17)28-3;/h4-11,16H,12-15H2,1-3H3;1H. The minimum atomic E-state index is 0. The van der Waals surface area contributed by atoms with E-state index in [4.69, 9.17) is 14.2 Å². The third-order valence-corrected chi connectivity index (χ3v) is 4.84. The summed E-state index contributed by atoms with van der Waals surface area (Å²) in [6.07, 6.45) is 3.41. The number of methoxy groups -OCH3 is 3. The van der Waals surface area contributed by atoms with E-state index < -0.39 is 0 Å². The molecule has 0 radical (unpaired) electrons. The number of halogens is 1.